The SMILES string of the molecule is Cc1nc2cc(NC(=O)c3ccc(COc4cccc(Br)c4)o3)ccc2o1. The summed E-state index contributed by atoms with van der Waals surface area (Å²) in [6, 6.07) is 16.1. The number of anilines is 1. The molecule has 0 radical (unpaired) electrons. The number of ether oxygens (including phenoxy) is 1. The van der Waals surface area contributed by atoms with Gasteiger partial charge in [0.15, 0.2) is 17.2 Å². The first-order chi connectivity index (χ1) is 13.1. The van der Waals surface area contributed by atoms with Gasteiger partial charge in [0.25, 0.3) is 5.91 Å². The van der Waals surface area contributed by atoms with Gasteiger partial charge in [-0.15, -0.1) is 0 Å². The van der Waals surface area contributed by atoms with Crippen LogP contribution in [0, 0.1) is 6.92 Å². The summed E-state index contributed by atoms with van der Waals surface area (Å²) in [5, 5.41) is 2.79. The molecular weight excluding hydrogens is 412 g/mol. The Morgan fingerprint density at radius 2 is 2.04 bits per heavy atom. The summed E-state index contributed by atoms with van der Waals surface area (Å²) in [6.07, 6.45) is 0. The maximum absolute atomic E-state index is 12.4. The van der Waals surface area contributed by atoms with Crippen LogP contribution in [0.5, 0.6) is 5.75 Å². The number of halogens is 1. The molecule has 0 unspecified atom stereocenters. The number of benzene rings is 2. The second-order valence-electron chi connectivity index (χ2n) is 5.88. The van der Waals surface area contributed by atoms with Crippen molar-refractivity contribution in [2.75, 3.05) is 5.32 Å². The van der Waals surface area contributed by atoms with Crippen molar-refractivity contribution in [1.29, 1.82) is 0 Å². The average Bonchev–Trinajstić information content (AvgIpc) is 3.25. The van der Waals surface area contributed by atoms with Crippen LogP contribution in [0.15, 0.2) is 67.9 Å². The van der Waals surface area contributed by atoms with Gasteiger partial charge in [-0.2, -0.15) is 0 Å². The largest absolute Gasteiger partial charge is 0.486 e. The Labute approximate surface area is 163 Å². The molecule has 27 heavy (non-hydrogen) atoms. The van der Waals surface area contributed by atoms with E-state index in [1.807, 2.05) is 24.3 Å². The summed E-state index contributed by atoms with van der Waals surface area (Å²) in [5.41, 5.74) is 1.98. The smallest absolute Gasteiger partial charge is 0.291 e. The zero-order chi connectivity index (χ0) is 18.8. The maximum Gasteiger partial charge on any atom is 0.291 e. The van der Waals surface area contributed by atoms with E-state index in [9.17, 15) is 4.79 Å². The van der Waals surface area contributed by atoms with Crippen LogP contribution in [0.1, 0.15) is 22.2 Å². The first kappa shape index (κ1) is 17.4. The number of hydrogen-bond donors (Lipinski definition) is 1. The number of hydrogen-bond acceptors (Lipinski definition) is 5. The van der Waals surface area contributed by atoms with Crippen molar-refractivity contribution in [3.63, 3.8) is 0 Å². The second-order valence-corrected chi connectivity index (χ2v) is 6.80. The van der Waals surface area contributed by atoms with Crippen molar-refractivity contribution in [2.45, 2.75) is 13.5 Å². The van der Waals surface area contributed by atoms with Crippen LogP contribution >= 0.6 is 15.9 Å². The van der Waals surface area contributed by atoms with E-state index in [4.69, 9.17) is 13.6 Å². The highest BCUT2D eigenvalue weighted by atomic mass is 79.9. The molecule has 1 amide bonds. The van der Waals surface area contributed by atoms with Gasteiger partial charge in [-0.1, -0.05) is 22.0 Å². The molecule has 7 heteroatoms. The fraction of sp³-hybridized carbons (Fsp3) is 0.100. The zero-order valence-corrected chi connectivity index (χ0v) is 15.9. The van der Waals surface area contributed by atoms with E-state index in [-0.39, 0.29) is 18.3 Å². The van der Waals surface area contributed by atoms with Crippen molar-refractivity contribution in [2.24, 2.45) is 0 Å². The van der Waals surface area contributed by atoms with Crippen LogP contribution in [0.4, 0.5) is 5.69 Å². The molecule has 136 valence electrons. The topological polar surface area (TPSA) is 77.5 Å². The Kier molecular flexibility index (Phi) is 4.68. The molecule has 0 saturated heterocycles. The minimum absolute atomic E-state index is 0.208. The molecule has 2 aromatic carbocycles. The van der Waals surface area contributed by atoms with Gasteiger partial charge in [0.2, 0.25) is 0 Å². The van der Waals surface area contributed by atoms with E-state index in [2.05, 4.69) is 26.2 Å². The van der Waals surface area contributed by atoms with Gasteiger partial charge in [-0.25, -0.2) is 4.98 Å². The number of rotatable bonds is 5. The Morgan fingerprint density at radius 1 is 1.15 bits per heavy atom. The molecule has 0 saturated carbocycles. The number of aromatic nitrogens is 1. The lowest BCUT2D eigenvalue weighted by Gasteiger charge is -2.05. The van der Waals surface area contributed by atoms with Crippen LogP contribution in [0.3, 0.4) is 0 Å². The third-order valence-electron chi connectivity index (χ3n) is 3.81. The zero-order valence-electron chi connectivity index (χ0n) is 14.4. The molecule has 0 aliphatic carbocycles. The minimum Gasteiger partial charge on any atom is -0.486 e. The normalized spacial score (nSPS) is 10.9. The van der Waals surface area contributed by atoms with Gasteiger partial charge in [0.05, 0.1) is 0 Å². The third kappa shape index (κ3) is 4.03. The molecule has 2 heterocycles. The van der Waals surface area contributed by atoms with Gasteiger partial charge < -0.3 is 18.9 Å². The van der Waals surface area contributed by atoms with Gasteiger partial charge in [0.1, 0.15) is 23.6 Å². The van der Waals surface area contributed by atoms with Crippen LogP contribution in [-0.4, -0.2) is 10.9 Å². The van der Waals surface area contributed by atoms with E-state index in [0.717, 1.165) is 4.47 Å². The number of carbonyl (C=O) groups excluding carboxylic acids is 1. The number of carbonyl (C=O) groups is 1. The molecule has 0 spiro atoms. The number of nitrogens with one attached hydrogen (secondary N) is 1. The van der Waals surface area contributed by atoms with Crippen molar-refractivity contribution in [3.8, 4) is 5.75 Å². The Bertz CT molecular complexity index is 1120. The molecule has 6 nitrogen and oxygen atoms in total. The average molecular weight is 427 g/mol. The summed E-state index contributed by atoms with van der Waals surface area (Å²) >= 11 is 3.39. The highest BCUT2D eigenvalue weighted by Gasteiger charge is 2.13. The Hall–Kier alpha value is -3.06. The lowest BCUT2D eigenvalue weighted by Crippen LogP contribution is -2.10. The summed E-state index contributed by atoms with van der Waals surface area (Å²) in [7, 11) is 0. The fourth-order valence-electron chi connectivity index (χ4n) is 2.60. The lowest BCUT2D eigenvalue weighted by molar-refractivity contribution is 0.0992. The Balaban J connectivity index is 1.41. The van der Waals surface area contributed by atoms with Crippen molar-refractivity contribution in [3.05, 3.63) is 76.5 Å². The molecule has 0 fully saturated rings. The van der Waals surface area contributed by atoms with Crippen LogP contribution in [0.25, 0.3) is 11.1 Å². The fourth-order valence-corrected chi connectivity index (χ4v) is 2.98. The van der Waals surface area contributed by atoms with E-state index in [1.165, 1.54) is 0 Å². The summed E-state index contributed by atoms with van der Waals surface area (Å²) in [6.45, 7) is 2.01. The van der Waals surface area contributed by atoms with E-state index in [0.29, 0.717) is 34.2 Å². The van der Waals surface area contributed by atoms with Gasteiger partial charge in [0, 0.05) is 17.1 Å². The van der Waals surface area contributed by atoms with E-state index < -0.39 is 0 Å². The first-order valence-electron chi connectivity index (χ1n) is 8.22. The molecule has 2 aromatic heterocycles. The molecule has 0 aliphatic rings. The standard InChI is InChI=1S/C20H15BrN2O4/c1-12-22-17-10-14(5-7-18(17)26-12)23-20(24)19-8-6-16(27-19)11-25-15-4-2-3-13(21)9-15/h2-10H,11H2,1H3,(H,23,24). The molecule has 0 atom stereocenters. The highest BCUT2D eigenvalue weighted by molar-refractivity contribution is 9.10. The molecule has 4 rings (SSSR count). The molecule has 1 N–H and O–H groups in total. The Morgan fingerprint density at radius 3 is 2.89 bits per heavy atom. The van der Waals surface area contributed by atoms with Crippen LogP contribution in [-0.2, 0) is 6.61 Å². The number of amides is 1. The third-order valence-corrected chi connectivity index (χ3v) is 4.31. The first-order valence-corrected chi connectivity index (χ1v) is 9.02. The maximum atomic E-state index is 12.4. The summed E-state index contributed by atoms with van der Waals surface area (Å²) in [5.74, 6) is 1.71. The minimum atomic E-state index is -0.344. The van der Waals surface area contributed by atoms with Crippen molar-refractivity contribution < 1.29 is 18.4 Å². The summed E-state index contributed by atoms with van der Waals surface area (Å²) in [4.78, 5) is 16.6. The van der Waals surface area contributed by atoms with Gasteiger partial charge >= 0.3 is 0 Å². The molecule has 0 bridgehead atoms. The number of aryl methyl sites for hydroxylation is 1. The van der Waals surface area contributed by atoms with E-state index in [1.54, 1.807) is 37.3 Å². The molecule has 0 aliphatic heterocycles. The quantitative estimate of drug-likeness (QED) is 0.466. The highest BCUT2D eigenvalue weighted by Crippen LogP contribution is 2.22. The predicted octanol–water partition coefficient (Wildman–Crippen LogP) is 5.32. The number of nitrogens with zero attached hydrogens (tertiary/aromatic N) is 1. The summed E-state index contributed by atoms with van der Waals surface area (Å²) < 4.78 is 17.6. The molecular formula is C20H15BrN2O4. The second kappa shape index (κ2) is 7.28. The van der Waals surface area contributed by atoms with Gasteiger partial charge in [-0.05, 0) is 48.5 Å². The van der Waals surface area contributed by atoms with Gasteiger partial charge in [-0.3, -0.25) is 4.79 Å². The predicted molar refractivity (Wildman–Crippen MR) is 104 cm³/mol. The van der Waals surface area contributed by atoms with Crippen molar-refractivity contribution >= 4 is 38.6 Å². The van der Waals surface area contributed by atoms with Crippen LogP contribution < -0.4 is 10.1 Å². The number of fused-ring (bicyclic) bond motifs is 1. The number of oxazole rings is 1. The van der Waals surface area contributed by atoms with E-state index >= 15 is 0 Å². The number of furan rings is 1. The van der Waals surface area contributed by atoms with Crippen LogP contribution in [0.2, 0.25) is 0 Å². The lowest BCUT2D eigenvalue weighted by atomic mass is 10.3. The van der Waals surface area contributed by atoms with Crippen molar-refractivity contribution in [1.82, 2.24) is 4.98 Å². The molecule has 4 aromatic rings. The monoisotopic (exact) mass is 426 g/mol.